The van der Waals surface area contributed by atoms with E-state index in [-0.39, 0.29) is 22.2 Å². The van der Waals surface area contributed by atoms with Crippen molar-refractivity contribution < 1.29 is 22.2 Å². The molecule has 0 radical (unpaired) electrons. The third-order valence-electron chi connectivity index (χ3n) is 6.31. The largest absolute Gasteiger partial charge is 0.379 e. The summed E-state index contributed by atoms with van der Waals surface area (Å²) in [6.07, 6.45) is 4.08. The molecule has 2 aromatic carbocycles. The van der Waals surface area contributed by atoms with Gasteiger partial charge in [0.1, 0.15) is 10.6 Å². The zero-order chi connectivity index (χ0) is 23.2. The number of ketones is 2. The normalized spacial score (nSPS) is 19.2. The maximum atomic E-state index is 12.9. The van der Waals surface area contributed by atoms with E-state index in [1.54, 1.807) is 24.3 Å². The highest BCUT2D eigenvalue weighted by Gasteiger charge is 2.40. The van der Waals surface area contributed by atoms with E-state index >= 15 is 0 Å². The summed E-state index contributed by atoms with van der Waals surface area (Å²) in [6.45, 7) is 0. The van der Waals surface area contributed by atoms with Crippen LogP contribution >= 0.6 is 11.6 Å². The van der Waals surface area contributed by atoms with Crippen LogP contribution in [0.25, 0.3) is 0 Å². The second-order valence-electron chi connectivity index (χ2n) is 8.46. The van der Waals surface area contributed by atoms with Gasteiger partial charge in [-0.1, -0.05) is 23.7 Å². The molecule has 5 rings (SSSR count). The fraction of sp³-hybridized carbons (Fsp3) is 0.280. The average molecular weight is 484 g/mol. The molecule has 2 aromatic rings. The summed E-state index contributed by atoms with van der Waals surface area (Å²) in [4.78, 5) is 25.8. The predicted molar refractivity (Wildman–Crippen MR) is 123 cm³/mol. The summed E-state index contributed by atoms with van der Waals surface area (Å²) in [5.74, 6) is -0.164. The Kier molecular flexibility index (Phi) is 5.62. The average Bonchev–Trinajstić information content (AvgIpc) is 2.79. The van der Waals surface area contributed by atoms with Crippen LogP contribution in [0.3, 0.4) is 0 Å². The third kappa shape index (κ3) is 4.11. The summed E-state index contributed by atoms with van der Waals surface area (Å²) in [6, 6.07) is 12.3. The van der Waals surface area contributed by atoms with Gasteiger partial charge in [-0.05, 0) is 67.6 Å². The Hall–Kier alpha value is -2.90. The molecule has 6 nitrogen and oxygen atoms in total. The third-order valence-corrected chi connectivity index (χ3v) is 7.83. The van der Waals surface area contributed by atoms with Crippen LogP contribution < -0.4 is 9.50 Å². The minimum Gasteiger partial charge on any atom is -0.379 e. The number of carbonyl (C=O) groups is 2. The molecule has 0 aromatic heterocycles. The van der Waals surface area contributed by atoms with Gasteiger partial charge in [0.2, 0.25) is 0 Å². The van der Waals surface area contributed by atoms with Crippen molar-refractivity contribution >= 4 is 33.3 Å². The number of nitrogens with one attached hydrogen (secondary N) is 1. The van der Waals surface area contributed by atoms with Crippen molar-refractivity contribution in [3.8, 4) is 5.75 Å². The van der Waals surface area contributed by atoms with E-state index in [2.05, 4.69) is 5.32 Å². The minimum atomic E-state index is -4.02. The minimum absolute atomic E-state index is 0.000434. The van der Waals surface area contributed by atoms with Crippen LogP contribution in [0.1, 0.15) is 50.0 Å². The van der Waals surface area contributed by atoms with Crippen molar-refractivity contribution in [2.45, 2.75) is 49.3 Å². The molecule has 2 aliphatic carbocycles. The summed E-state index contributed by atoms with van der Waals surface area (Å²) < 4.78 is 30.5. The van der Waals surface area contributed by atoms with Crippen LogP contribution in [0.5, 0.6) is 5.75 Å². The molecule has 0 saturated heterocycles. The van der Waals surface area contributed by atoms with Crippen molar-refractivity contribution in [1.82, 2.24) is 5.32 Å². The number of allylic oxidation sites excluding steroid dienone is 4. The topological polar surface area (TPSA) is 89.5 Å². The quantitative estimate of drug-likeness (QED) is 0.628. The Bertz CT molecular complexity index is 1270. The SMILES string of the molecule is O=C1CCCC2=C1C(c1ccc(OS(=O)(=O)c3ccc(Cl)cc3)cc1)C1=C(CCCC1=O)N2. The first-order valence-electron chi connectivity index (χ1n) is 10.9. The van der Waals surface area contributed by atoms with Gasteiger partial charge in [-0.15, -0.1) is 0 Å². The standard InChI is InChI=1S/C25H22ClNO5S/c26-16-9-13-18(14-10-16)33(30,31)32-17-11-7-15(8-12-17)23-24-19(3-1-5-21(24)28)27-20-4-2-6-22(29)25(20)23/h7-14,23,27H,1-6H2. The molecule has 0 unspecified atom stereocenters. The molecule has 170 valence electrons. The molecule has 0 fully saturated rings. The van der Waals surface area contributed by atoms with E-state index in [1.165, 1.54) is 24.3 Å². The molecule has 1 N–H and O–H groups in total. The fourth-order valence-corrected chi connectivity index (χ4v) is 5.86. The molecular weight excluding hydrogens is 462 g/mol. The van der Waals surface area contributed by atoms with Gasteiger partial charge in [-0.2, -0.15) is 8.42 Å². The number of hydrogen-bond donors (Lipinski definition) is 1. The summed E-state index contributed by atoms with van der Waals surface area (Å²) in [7, 11) is -4.02. The molecule has 0 atom stereocenters. The van der Waals surface area contributed by atoms with Gasteiger partial charge in [0.15, 0.2) is 11.6 Å². The fourth-order valence-electron chi connectivity index (χ4n) is 4.81. The number of carbonyl (C=O) groups excluding carboxylic acids is 2. The second kappa shape index (κ2) is 8.47. The summed E-state index contributed by atoms with van der Waals surface area (Å²) in [5.41, 5.74) is 3.93. The van der Waals surface area contributed by atoms with Crippen molar-refractivity contribution in [1.29, 1.82) is 0 Å². The molecule has 3 aliphatic rings. The molecular formula is C25H22ClNO5S. The predicted octanol–water partition coefficient (Wildman–Crippen LogP) is 4.81. The van der Waals surface area contributed by atoms with Gasteiger partial charge >= 0.3 is 10.1 Å². The lowest BCUT2D eigenvalue weighted by Crippen LogP contribution is -2.36. The van der Waals surface area contributed by atoms with E-state index in [4.69, 9.17) is 15.8 Å². The molecule has 8 heteroatoms. The smallest absolute Gasteiger partial charge is 0.339 e. The molecule has 0 amide bonds. The number of hydrogen-bond acceptors (Lipinski definition) is 6. The first-order valence-corrected chi connectivity index (χ1v) is 12.7. The van der Waals surface area contributed by atoms with E-state index in [9.17, 15) is 18.0 Å². The zero-order valence-corrected chi connectivity index (χ0v) is 19.3. The lowest BCUT2D eigenvalue weighted by atomic mass is 9.71. The van der Waals surface area contributed by atoms with Gasteiger partial charge in [-0.25, -0.2) is 0 Å². The van der Waals surface area contributed by atoms with Gasteiger partial charge < -0.3 is 9.50 Å². The number of rotatable bonds is 4. The molecule has 1 heterocycles. The first-order chi connectivity index (χ1) is 15.8. The summed E-state index contributed by atoms with van der Waals surface area (Å²) >= 11 is 5.84. The van der Waals surface area contributed by atoms with E-state index in [0.717, 1.165) is 42.6 Å². The summed E-state index contributed by atoms with van der Waals surface area (Å²) in [5, 5.41) is 3.81. The lowest BCUT2D eigenvalue weighted by Gasteiger charge is -2.37. The first kappa shape index (κ1) is 21.9. The van der Waals surface area contributed by atoms with Crippen molar-refractivity contribution in [3.63, 3.8) is 0 Å². The van der Waals surface area contributed by atoms with Crippen LogP contribution in [0.15, 0.2) is 76.0 Å². The highest BCUT2D eigenvalue weighted by Crippen LogP contribution is 2.45. The molecule has 0 bridgehead atoms. The van der Waals surface area contributed by atoms with Crippen molar-refractivity contribution in [2.75, 3.05) is 0 Å². The molecule has 1 aliphatic heterocycles. The van der Waals surface area contributed by atoms with Gasteiger partial charge in [-0.3, -0.25) is 9.59 Å². The highest BCUT2D eigenvalue weighted by atomic mass is 35.5. The van der Waals surface area contributed by atoms with Crippen LogP contribution in [0, 0.1) is 0 Å². The maximum absolute atomic E-state index is 12.9. The van der Waals surface area contributed by atoms with Crippen LogP contribution in [0.4, 0.5) is 0 Å². The Balaban J connectivity index is 1.49. The van der Waals surface area contributed by atoms with Gasteiger partial charge in [0.25, 0.3) is 0 Å². The second-order valence-corrected chi connectivity index (χ2v) is 10.4. The Morgan fingerprint density at radius 1 is 0.788 bits per heavy atom. The molecule has 0 spiro atoms. The maximum Gasteiger partial charge on any atom is 0.339 e. The lowest BCUT2D eigenvalue weighted by molar-refractivity contribution is -0.116. The number of benzene rings is 2. The van der Waals surface area contributed by atoms with Gasteiger partial charge in [0, 0.05) is 46.3 Å². The number of halogens is 1. The van der Waals surface area contributed by atoms with Crippen molar-refractivity contribution in [2.24, 2.45) is 0 Å². The monoisotopic (exact) mass is 483 g/mol. The Labute approximate surface area is 197 Å². The van der Waals surface area contributed by atoms with Crippen LogP contribution in [-0.4, -0.2) is 20.0 Å². The number of dihydropyridines is 1. The Morgan fingerprint density at radius 3 is 1.88 bits per heavy atom. The number of Topliss-reactive ketones (excluding diaryl/α,β-unsaturated/α-hetero) is 2. The molecule has 0 saturated carbocycles. The molecule has 33 heavy (non-hydrogen) atoms. The van der Waals surface area contributed by atoms with Crippen molar-refractivity contribution in [3.05, 3.63) is 81.7 Å². The zero-order valence-electron chi connectivity index (χ0n) is 17.8. The van der Waals surface area contributed by atoms with E-state index < -0.39 is 16.0 Å². The van der Waals surface area contributed by atoms with E-state index in [1.807, 2.05) is 0 Å². The highest BCUT2D eigenvalue weighted by molar-refractivity contribution is 7.87. The van der Waals surface area contributed by atoms with Crippen LogP contribution in [0.2, 0.25) is 5.02 Å². The van der Waals surface area contributed by atoms with E-state index in [0.29, 0.717) is 29.0 Å². The van der Waals surface area contributed by atoms with Gasteiger partial charge in [0.05, 0.1) is 0 Å². The Morgan fingerprint density at radius 2 is 1.33 bits per heavy atom. The van der Waals surface area contributed by atoms with Crippen LogP contribution in [-0.2, 0) is 19.7 Å².